The Labute approximate surface area is 187 Å². The molecule has 0 aromatic heterocycles. The van der Waals surface area contributed by atoms with Gasteiger partial charge in [-0.25, -0.2) is 0 Å². The standard InChI is InChI=1S/C24H43NO6/c1-2-3-4-5-6-7-8-9-10-11-12-13-14-18-25(19-15-22(26)27,20-16-23(28)29)21-17-24(30)31/h11-12H,2-10,13-21H2,1H3,(H2-,26,27,28,29,30,31)/p+1/b12-11+. The zero-order valence-corrected chi connectivity index (χ0v) is 19.4. The van der Waals surface area contributed by atoms with Gasteiger partial charge in [-0.15, -0.1) is 0 Å². The molecule has 0 heterocycles. The first-order valence-electron chi connectivity index (χ1n) is 12.0. The Morgan fingerprint density at radius 2 is 0.968 bits per heavy atom. The Kier molecular flexibility index (Phi) is 17.7. The second-order valence-electron chi connectivity index (χ2n) is 8.54. The molecule has 7 nitrogen and oxygen atoms in total. The second kappa shape index (κ2) is 18.8. The van der Waals surface area contributed by atoms with Gasteiger partial charge in [-0.05, 0) is 19.3 Å². The minimum absolute atomic E-state index is 0.0898. The van der Waals surface area contributed by atoms with Gasteiger partial charge in [0.05, 0.1) is 45.4 Å². The summed E-state index contributed by atoms with van der Waals surface area (Å²) in [7, 11) is 0. The van der Waals surface area contributed by atoms with Crippen molar-refractivity contribution in [1.29, 1.82) is 0 Å². The van der Waals surface area contributed by atoms with Crippen LogP contribution >= 0.6 is 0 Å². The number of nitrogens with zero attached hydrogens (tertiary/aromatic N) is 1. The van der Waals surface area contributed by atoms with Crippen molar-refractivity contribution < 1.29 is 34.2 Å². The topological polar surface area (TPSA) is 112 Å². The Bertz CT molecular complexity index is 487. The lowest BCUT2D eigenvalue weighted by atomic mass is 10.1. The predicted octanol–water partition coefficient (Wildman–Crippen LogP) is 5.09. The fourth-order valence-electron chi connectivity index (χ4n) is 3.85. The lowest BCUT2D eigenvalue weighted by Crippen LogP contribution is -2.52. The van der Waals surface area contributed by atoms with E-state index in [1.165, 1.54) is 51.4 Å². The van der Waals surface area contributed by atoms with Crippen molar-refractivity contribution in [1.82, 2.24) is 0 Å². The van der Waals surface area contributed by atoms with E-state index >= 15 is 0 Å². The number of carbonyl (C=O) groups is 3. The summed E-state index contributed by atoms with van der Waals surface area (Å²) in [5.74, 6) is -2.84. The van der Waals surface area contributed by atoms with E-state index in [0.29, 0.717) is 6.54 Å². The van der Waals surface area contributed by atoms with Crippen LogP contribution in [-0.4, -0.2) is 63.9 Å². The smallest absolute Gasteiger partial charge is 0.309 e. The van der Waals surface area contributed by atoms with E-state index in [1.54, 1.807) is 0 Å². The highest BCUT2D eigenvalue weighted by molar-refractivity contribution is 5.67. The van der Waals surface area contributed by atoms with E-state index in [4.69, 9.17) is 15.3 Å². The third-order valence-electron chi connectivity index (χ3n) is 5.79. The summed E-state index contributed by atoms with van der Waals surface area (Å²) in [5, 5.41) is 27.2. The van der Waals surface area contributed by atoms with Crippen molar-refractivity contribution in [2.75, 3.05) is 26.2 Å². The maximum Gasteiger partial charge on any atom is 0.309 e. The first-order valence-corrected chi connectivity index (χ1v) is 12.0. The molecule has 3 N–H and O–H groups in total. The molecule has 0 saturated heterocycles. The predicted molar refractivity (Wildman–Crippen MR) is 122 cm³/mol. The maximum absolute atomic E-state index is 11.1. The van der Waals surface area contributed by atoms with Crippen LogP contribution in [0.4, 0.5) is 0 Å². The molecule has 0 saturated carbocycles. The highest BCUT2D eigenvalue weighted by atomic mass is 16.4. The zero-order chi connectivity index (χ0) is 23.4. The van der Waals surface area contributed by atoms with Gasteiger partial charge in [-0.2, -0.15) is 0 Å². The number of rotatable bonds is 22. The van der Waals surface area contributed by atoms with Crippen molar-refractivity contribution in [2.45, 2.75) is 96.8 Å². The quantitative estimate of drug-likeness (QED) is 0.122. The minimum Gasteiger partial charge on any atom is -0.481 e. The molecule has 0 radical (unpaired) electrons. The molecule has 0 aliphatic heterocycles. The van der Waals surface area contributed by atoms with E-state index in [-0.39, 0.29) is 43.4 Å². The van der Waals surface area contributed by atoms with Crippen LogP contribution in [0, 0.1) is 0 Å². The number of quaternary nitrogens is 1. The Balaban J connectivity index is 4.36. The first-order chi connectivity index (χ1) is 14.8. The minimum atomic E-state index is -0.946. The average molecular weight is 443 g/mol. The molecule has 0 bridgehead atoms. The fraction of sp³-hybridized carbons (Fsp3) is 0.792. The third kappa shape index (κ3) is 18.6. The molecule has 31 heavy (non-hydrogen) atoms. The van der Waals surface area contributed by atoms with Gasteiger partial charge in [0, 0.05) is 6.42 Å². The van der Waals surface area contributed by atoms with E-state index in [9.17, 15) is 14.4 Å². The zero-order valence-electron chi connectivity index (χ0n) is 19.4. The number of aliphatic carboxylic acids is 3. The van der Waals surface area contributed by atoms with Gasteiger partial charge in [0.1, 0.15) is 0 Å². The van der Waals surface area contributed by atoms with Crippen LogP contribution in [0.3, 0.4) is 0 Å². The molecule has 7 heteroatoms. The van der Waals surface area contributed by atoms with Gasteiger partial charge in [0.25, 0.3) is 0 Å². The van der Waals surface area contributed by atoms with E-state index in [0.717, 1.165) is 19.3 Å². The van der Waals surface area contributed by atoms with Crippen LogP contribution in [0.1, 0.15) is 96.8 Å². The van der Waals surface area contributed by atoms with Gasteiger partial charge in [-0.3, -0.25) is 14.4 Å². The summed E-state index contributed by atoms with van der Waals surface area (Å²) < 4.78 is 0.233. The molecule has 0 unspecified atom stereocenters. The molecule has 0 aliphatic rings. The average Bonchev–Trinajstić information content (AvgIpc) is 2.72. The molecule has 0 atom stereocenters. The van der Waals surface area contributed by atoms with Crippen molar-refractivity contribution in [3.05, 3.63) is 12.2 Å². The molecule has 180 valence electrons. The van der Waals surface area contributed by atoms with Gasteiger partial charge in [0.2, 0.25) is 0 Å². The van der Waals surface area contributed by atoms with Gasteiger partial charge in [0.15, 0.2) is 0 Å². The summed E-state index contributed by atoms with van der Waals surface area (Å²) in [4.78, 5) is 33.2. The second-order valence-corrected chi connectivity index (χ2v) is 8.54. The van der Waals surface area contributed by atoms with Crippen molar-refractivity contribution in [3.8, 4) is 0 Å². The molecule has 0 aromatic carbocycles. The monoisotopic (exact) mass is 442 g/mol. The molecule has 0 aromatic rings. The molecule has 0 rings (SSSR count). The number of hydrogen-bond donors (Lipinski definition) is 3. The first kappa shape index (κ1) is 29.1. The van der Waals surface area contributed by atoms with Crippen LogP contribution in [0.25, 0.3) is 0 Å². The number of unbranched alkanes of at least 4 members (excludes halogenated alkanes) is 9. The molecular weight excluding hydrogens is 398 g/mol. The van der Waals surface area contributed by atoms with Crippen molar-refractivity contribution in [2.24, 2.45) is 0 Å². The van der Waals surface area contributed by atoms with Crippen LogP contribution in [0.15, 0.2) is 12.2 Å². The molecule has 0 amide bonds. The van der Waals surface area contributed by atoms with Crippen LogP contribution in [0.5, 0.6) is 0 Å². The Morgan fingerprint density at radius 1 is 0.581 bits per heavy atom. The van der Waals surface area contributed by atoms with E-state index < -0.39 is 17.9 Å². The van der Waals surface area contributed by atoms with Crippen LogP contribution < -0.4 is 0 Å². The largest absolute Gasteiger partial charge is 0.481 e. The van der Waals surface area contributed by atoms with Gasteiger partial charge in [-0.1, -0.05) is 64.0 Å². The molecule has 0 aliphatic carbocycles. The summed E-state index contributed by atoms with van der Waals surface area (Å²) in [6, 6.07) is 0. The molecule has 0 spiro atoms. The fourth-order valence-corrected chi connectivity index (χ4v) is 3.85. The lowest BCUT2D eigenvalue weighted by Gasteiger charge is -2.38. The third-order valence-corrected chi connectivity index (χ3v) is 5.79. The summed E-state index contributed by atoms with van der Waals surface area (Å²) in [5.41, 5.74) is 0. The summed E-state index contributed by atoms with van der Waals surface area (Å²) >= 11 is 0. The van der Waals surface area contributed by atoms with Crippen molar-refractivity contribution >= 4 is 17.9 Å². The highest BCUT2D eigenvalue weighted by Crippen LogP contribution is 2.15. The number of carboxylic acids is 3. The normalized spacial score (nSPS) is 11.8. The Hall–Kier alpha value is -1.89. The number of hydrogen-bond acceptors (Lipinski definition) is 3. The summed E-state index contributed by atoms with van der Waals surface area (Å²) in [6.45, 7) is 3.61. The number of carboxylic acid groups (broad SMARTS) is 3. The molecule has 0 fully saturated rings. The molecular formula is C24H44NO6+. The SMILES string of the molecule is CCCCCCCCCC/C=C/CCC[N+](CCC(=O)O)(CCC(=O)O)CCC(=O)O. The van der Waals surface area contributed by atoms with Gasteiger partial charge >= 0.3 is 17.9 Å². The number of allylic oxidation sites excluding steroid dienone is 2. The van der Waals surface area contributed by atoms with E-state index in [2.05, 4.69) is 19.1 Å². The van der Waals surface area contributed by atoms with Crippen LogP contribution in [-0.2, 0) is 14.4 Å². The maximum atomic E-state index is 11.1. The van der Waals surface area contributed by atoms with E-state index in [1.807, 2.05) is 0 Å². The van der Waals surface area contributed by atoms with Crippen LogP contribution in [0.2, 0.25) is 0 Å². The van der Waals surface area contributed by atoms with Gasteiger partial charge < -0.3 is 19.8 Å². The summed E-state index contributed by atoms with van der Waals surface area (Å²) in [6.07, 6.45) is 17.1. The van der Waals surface area contributed by atoms with Crippen molar-refractivity contribution in [3.63, 3.8) is 0 Å². The highest BCUT2D eigenvalue weighted by Gasteiger charge is 2.29. The lowest BCUT2D eigenvalue weighted by molar-refractivity contribution is -0.927. The Morgan fingerprint density at radius 3 is 1.39 bits per heavy atom.